The number of fused-ring (bicyclic) bond motifs is 1. The summed E-state index contributed by atoms with van der Waals surface area (Å²) in [5, 5.41) is 12.6. The SMILES string of the molecule is O=C(O)C1NCCc2c(Cl)cc(Br)cc21. The van der Waals surface area contributed by atoms with Crippen molar-refractivity contribution in [2.24, 2.45) is 0 Å². The van der Waals surface area contributed by atoms with Crippen LogP contribution in [0.1, 0.15) is 17.2 Å². The molecule has 0 spiro atoms. The number of carbonyl (C=O) groups is 1. The molecule has 3 nitrogen and oxygen atoms in total. The van der Waals surface area contributed by atoms with Gasteiger partial charge in [-0.1, -0.05) is 27.5 Å². The van der Waals surface area contributed by atoms with Crippen LogP contribution in [0.2, 0.25) is 5.02 Å². The van der Waals surface area contributed by atoms with Crippen LogP contribution in [0.5, 0.6) is 0 Å². The Labute approximate surface area is 101 Å². The number of hydrogen-bond acceptors (Lipinski definition) is 2. The summed E-state index contributed by atoms with van der Waals surface area (Å²) in [6.45, 7) is 0.644. The smallest absolute Gasteiger partial charge is 0.325 e. The minimum atomic E-state index is -0.870. The molecule has 1 aromatic rings. The minimum absolute atomic E-state index is 0.632. The highest BCUT2D eigenvalue weighted by Crippen LogP contribution is 2.32. The van der Waals surface area contributed by atoms with E-state index in [0.29, 0.717) is 11.6 Å². The highest BCUT2D eigenvalue weighted by atomic mass is 79.9. The van der Waals surface area contributed by atoms with Gasteiger partial charge in [-0.25, -0.2) is 0 Å². The van der Waals surface area contributed by atoms with Crippen LogP contribution < -0.4 is 5.32 Å². The maximum atomic E-state index is 11.0. The molecule has 0 bridgehead atoms. The van der Waals surface area contributed by atoms with Gasteiger partial charge in [-0.05, 0) is 29.7 Å². The molecule has 1 atom stereocenters. The molecule has 0 amide bonds. The molecule has 2 N–H and O–H groups in total. The zero-order valence-corrected chi connectivity index (χ0v) is 10.1. The van der Waals surface area contributed by atoms with E-state index in [-0.39, 0.29) is 0 Å². The monoisotopic (exact) mass is 289 g/mol. The summed E-state index contributed by atoms with van der Waals surface area (Å²) in [5.41, 5.74) is 1.69. The molecule has 15 heavy (non-hydrogen) atoms. The Morgan fingerprint density at radius 2 is 2.33 bits per heavy atom. The van der Waals surface area contributed by atoms with Crippen LogP contribution >= 0.6 is 27.5 Å². The number of carboxylic acids is 1. The second-order valence-corrected chi connectivity index (χ2v) is 4.75. The number of carboxylic acid groups (broad SMARTS) is 1. The van der Waals surface area contributed by atoms with Gasteiger partial charge >= 0.3 is 5.97 Å². The molecule has 80 valence electrons. The fraction of sp³-hybridized carbons (Fsp3) is 0.300. The first-order valence-electron chi connectivity index (χ1n) is 4.53. The number of aliphatic carboxylic acids is 1. The van der Waals surface area contributed by atoms with Crippen molar-refractivity contribution in [3.05, 3.63) is 32.8 Å². The highest BCUT2D eigenvalue weighted by Gasteiger charge is 2.27. The molecule has 0 radical (unpaired) electrons. The third-order valence-electron chi connectivity index (χ3n) is 2.48. The summed E-state index contributed by atoms with van der Waals surface area (Å²) in [5.74, 6) is -0.870. The van der Waals surface area contributed by atoms with E-state index < -0.39 is 12.0 Å². The van der Waals surface area contributed by atoms with Gasteiger partial charge in [0.1, 0.15) is 6.04 Å². The number of benzene rings is 1. The Morgan fingerprint density at radius 3 is 3.00 bits per heavy atom. The number of halogens is 2. The molecule has 5 heteroatoms. The van der Waals surface area contributed by atoms with Crippen molar-refractivity contribution >= 4 is 33.5 Å². The van der Waals surface area contributed by atoms with Crippen molar-refractivity contribution < 1.29 is 9.90 Å². The van der Waals surface area contributed by atoms with E-state index in [1.807, 2.05) is 6.07 Å². The first-order valence-corrected chi connectivity index (χ1v) is 5.70. The van der Waals surface area contributed by atoms with Gasteiger partial charge in [-0.2, -0.15) is 0 Å². The fourth-order valence-electron chi connectivity index (χ4n) is 1.82. The maximum absolute atomic E-state index is 11.0. The Kier molecular flexibility index (Phi) is 3.00. The van der Waals surface area contributed by atoms with E-state index >= 15 is 0 Å². The van der Waals surface area contributed by atoms with Crippen LogP contribution in [0, 0.1) is 0 Å². The van der Waals surface area contributed by atoms with Crippen LogP contribution in [0.4, 0.5) is 0 Å². The number of nitrogens with one attached hydrogen (secondary N) is 1. The average molecular weight is 291 g/mol. The lowest BCUT2D eigenvalue weighted by Crippen LogP contribution is -2.35. The molecule has 1 heterocycles. The van der Waals surface area contributed by atoms with Gasteiger partial charge in [0.05, 0.1) is 0 Å². The first-order chi connectivity index (χ1) is 7.09. The molecule has 1 aromatic carbocycles. The lowest BCUT2D eigenvalue weighted by atomic mass is 9.94. The quantitative estimate of drug-likeness (QED) is 0.835. The molecule has 0 saturated carbocycles. The van der Waals surface area contributed by atoms with Crippen LogP contribution in [0.15, 0.2) is 16.6 Å². The van der Waals surface area contributed by atoms with E-state index in [4.69, 9.17) is 16.7 Å². The van der Waals surface area contributed by atoms with Crippen molar-refractivity contribution in [3.63, 3.8) is 0 Å². The third-order valence-corrected chi connectivity index (χ3v) is 3.27. The zero-order chi connectivity index (χ0) is 11.0. The van der Waals surface area contributed by atoms with Crippen LogP contribution in [0.3, 0.4) is 0 Å². The molecule has 0 fully saturated rings. The Hall–Kier alpha value is -0.580. The molecule has 0 saturated heterocycles. The van der Waals surface area contributed by atoms with Crippen molar-refractivity contribution in [3.8, 4) is 0 Å². The number of rotatable bonds is 1. The lowest BCUT2D eigenvalue weighted by molar-refractivity contribution is -0.139. The summed E-state index contributed by atoms with van der Waals surface area (Å²) in [6, 6.07) is 2.96. The molecular weight excluding hydrogens is 281 g/mol. The van der Waals surface area contributed by atoms with Crippen LogP contribution in [-0.4, -0.2) is 17.6 Å². The van der Waals surface area contributed by atoms with Gasteiger partial charge in [0.2, 0.25) is 0 Å². The molecular formula is C10H9BrClNO2. The predicted octanol–water partition coefficient (Wildman–Crippen LogP) is 2.37. The molecule has 0 aliphatic carbocycles. The van der Waals surface area contributed by atoms with Crippen LogP contribution in [0.25, 0.3) is 0 Å². The lowest BCUT2D eigenvalue weighted by Gasteiger charge is -2.24. The van der Waals surface area contributed by atoms with Gasteiger partial charge in [-0.15, -0.1) is 0 Å². The van der Waals surface area contributed by atoms with Gasteiger partial charge in [0.25, 0.3) is 0 Å². The molecule has 2 rings (SSSR count). The Morgan fingerprint density at radius 1 is 1.60 bits per heavy atom. The van der Waals surface area contributed by atoms with Crippen LogP contribution in [-0.2, 0) is 11.2 Å². The Bertz CT molecular complexity index is 422. The van der Waals surface area contributed by atoms with Crippen molar-refractivity contribution in [1.82, 2.24) is 5.32 Å². The topological polar surface area (TPSA) is 49.3 Å². The minimum Gasteiger partial charge on any atom is -0.480 e. The summed E-state index contributed by atoms with van der Waals surface area (Å²) in [4.78, 5) is 11.0. The van der Waals surface area contributed by atoms with Gasteiger partial charge in [-0.3, -0.25) is 4.79 Å². The van der Waals surface area contributed by atoms with E-state index in [2.05, 4.69) is 21.2 Å². The number of hydrogen-bond donors (Lipinski definition) is 2. The van der Waals surface area contributed by atoms with Gasteiger partial charge < -0.3 is 10.4 Å². The van der Waals surface area contributed by atoms with E-state index in [0.717, 1.165) is 22.0 Å². The first kappa shape index (κ1) is 10.9. The normalized spacial score (nSPS) is 19.7. The summed E-state index contributed by atoms with van der Waals surface area (Å²) in [7, 11) is 0. The predicted molar refractivity (Wildman–Crippen MR) is 61.2 cm³/mol. The molecule has 1 aliphatic rings. The molecule has 1 aliphatic heterocycles. The Balaban J connectivity index is 2.55. The average Bonchev–Trinajstić information content (AvgIpc) is 2.16. The standard InChI is InChI=1S/C10H9BrClNO2/c11-5-3-7-6(8(12)4-5)1-2-13-9(7)10(14)15/h3-4,9,13H,1-2H2,(H,14,15). The maximum Gasteiger partial charge on any atom is 0.325 e. The summed E-state index contributed by atoms with van der Waals surface area (Å²) < 4.78 is 0.807. The van der Waals surface area contributed by atoms with Gasteiger partial charge in [0.15, 0.2) is 0 Å². The summed E-state index contributed by atoms with van der Waals surface area (Å²) in [6.07, 6.45) is 0.769. The second kappa shape index (κ2) is 4.12. The zero-order valence-electron chi connectivity index (χ0n) is 7.76. The van der Waals surface area contributed by atoms with Gasteiger partial charge in [0, 0.05) is 16.0 Å². The molecule has 1 unspecified atom stereocenters. The molecule has 0 aromatic heterocycles. The van der Waals surface area contributed by atoms with E-state index in [1.165, 1.54) is 0 Å². The van der Waals surface area contributed by atoms with E-state index in [9.17, 15) is 4.79 Å². The van der Waals surface area contributed by atoms with Crippen molar-refractivity contribution in [2.45, 2.75) is 12.5 Å². The van der Waals surface area contributed by atoms with Crippen molar-refractivity contribution in [1.29, 1.82) is 0 Å². The highest BCUT2D eigenvalue weighted by molar-refractivity contribution is 9.10. The van der Waals surface area contributed by atoms with Crippen molar-refractivity contribution in [2.75, 3.05) is 6.54 Å². The largest absolute Gasteiger partial charge is 0.480 e. The van der Waals surface area contributed by atoms with E-state index in [1.54, 1.807) is 6.07 Å². The third kappa shape index (κ3) is 2.02. The summed E-state index contributed by atoms with van der Waals surface area (Å²) >= 11 is 9.38. The second-order valence-electron chi connectivity index (χ2n) is 3.43. The fourth-order valence-corrected chi connectivity index (χ4v) is 2.75.